The van der Waals surface area contributed by atoms with Crippen LogP contribution in [0.3, 0.4) is 0 Å². The number of carbonyl (C=O) groups excluding carboxylic acids is 1. The number of aromatic nitrogens is 4. The minimum absolute atomic E-state index is 0.140. The summed E-state index contributed by atoms with van der Waals surface area (Å²) in [7, 11) is 0. The molecule has 0 saturated carbocycles. The molecule has 0 spiro atoms. The molecule has 5 aromatic carbocycles. The topological polar surface area (TPSA) is 101 Å². The highest BCUT2D eigenvalue weighted by Gasteiger charge is 2.41. The van der Waals surface area contributed by atoms with Gasteiger partial charge in [0.15, 0.2) is 5.54 Å². The number of carbonyl (C=O) groups is 2. The molecule has 0 aliphatic heterocycles. The third-order valence-corrected chi connectivity index (χ3v) is 9.36. The van der Waals surface area contributed by atoms with Gasteiger partial charge in [-0.2, -0.15) is 0 Å². The Morgan fingerprint density at radius 3 is 1.73 bits per heavy atom. The van der Waals surface area contributed by atoms with E-state index in [1.165, 1.54) is 4.90 Å². The number of aliphatic carboxylic acids is 1. The summed E-state index contributed by atoms with van der Waals surface area (Å²) in [5, 5.41) is 24.5. The number of nitrogens with zero attached hydrogens (tertiary/aromatic N) is 5. The van der Waals surface area contributed by atoms with Crippen LogP contribution >= 0.6 is 0 Å². The van der Waals surface area contributed by atoms with Crippen LogP contribution in [0.15, 0.2) is 140 Å². The van der Waals surface area contributed by atoms with Crippen molar-refractivity contribution in [1.82, 2.24) is 25.1 Å². The number of carboxylic acids is 1. The second-order valence-electron chi connectivity index (χ2n) is 13.1. The third-order valence-electron chi connectivity index (χ3n) is 9.36. The molecule has 0 saturated heterocycles. The lowest BCUT2D eigenvalue weighted by atomic mass is 9.77. The van der Waals surface area contributed by atoms with Crippen LogP contribution in [-0.2, 0) is 21.7 Å². The molecule has 8 nitrogen and oxygen atoms in total. The zero-order valence-electron chi connectivity index (χ0n) is 29.3. The molecule has 51 heavy (non-hydrogen) atoms. The molecule has 8 heteroatoms. The van der Waals surface area contributed by atoms with Gasteiger partial charge in [0, 0.05) is 18.5 Å². The molecular weight excluding hydrogens is 635 g/mol. The van der Waals surface area contributed by atoms with Gasteiger partial charge in [0.1, 0.15) is 6.04 Å². The predicted molar refractivity (Wildman–Crippen MR) is 200 cm³/mol. The molecule has 0 aliphatic rings. The van der Waals surface area contributed by atoms with Gasteiger partial charge in [-0.15, -0.1) is 15.0 Å². The second-order valence-corrected chi connectivity index (χ2v) is 13.1. The summed E-state index contributed by atoms with van der Waals surface area (Å²) in [6.07, 6.45) is 1.91. The first-order chi connectivity index (χ1) is 24.8. The van der Waals surface area contributed by atoms with Crippen molar-refractivity contribution in [3.8, 4) is 22.5 Å². The van der Waals surface area contributed by atoms with Gasteiger partial charge in [0.05, 0.1) is 0 Å². The van der Waals surface area contributed by atoms with Gasteiger partial charge in [-0.3, -0.25) is 4.79 Å². The van der Waals surface area contributed by atoms with E-state index in [1.54, 1.807) is 4.80 Å². The number of carboxylic acid groups (broad SMARTS) is 1. The number of benzene rings is 5. The number of hydrogen-bond acceptors (Lipinski definition) is 5. The van der Waals surface area contributed by atoms with E-state index in [9.17, 15) is 14.7 Å². The monoisotopic (exact) mass is 677 g/mol. The quantitative estimate of drug-likeness (QED) is 0.116. The maximum Gasteiger partial charge on any atom is 0.326 e. The fourth-order valence-electron chi connectivity index (χ4n) is 6.86. The van der Waals surface area contributed by atoms with Crippen LogP contribution in [0.4, 0.5) is 0 Å². The highest BCUT2D eigenvalue weighted by molar-refractivity contribution is 5.84. The van der Waals surface area contributed by atoms with Crippen molar-refractivity contribution in [3.63, 3.8) is 0 Å². The maximum absolute atomic E-state index is 13.2. The first-order valence-corrected chi connectivity index (χ1v) is 17.5. The SMILES string of the molecule is CCCCC(=O)N(Cc1ccc(-c2ccccc2-c2nnn(C(c3ccccc3)(c3ccccc3)c3ccccc3)n2)cc1)[C@@H](C(=O)O)C(C)C. The Morgan fingerprint density at radius 2 is 1.24 bits per heavy atom. The minimum Gasteiger partial charge on any atom is -0.480 e. The van der Waals surface area contributed by atoms with Crippen LogP contribution in [-0.4, -0.2) is 48.1 Å². The molecule has 0 unspecified atom stereocenters. The van der Waals surface area contributed by atoms with Gasteiger partial charge in [0.2, 0.25) is 11.7 Å². The molecule has 0 fully saturated rings. The van der Waals surface area contributed by atoms with Gasteiger partial charge >= 0.3 is 5.97 Å². The fourth-order valence-corrected chi connectivity index (χ4v) is 6.86. The van der Waals surface area contributed by atoms with Crippen molar-refractivity contribution >= 4 is 11.9 Å². The molecule has 1 aromatic heterocycles. The van der Waals surface area contributed by atoms with E-state index in [1.807, 2.05) is 124 Å². The molecular formula is C43H43N5O3. The zero-order valence-corrected chi connectivity index (χ0v) is 29.3. The van der Waals surface area contributed by atoms with Crippen LogP contribution in [0.1, 0.15) is 62.3 Å². The summed E-state index contributed by atoms with van der Waals surface area (Å²) < 4.78 is 0. The summed E-state index contributed by atoms with van der Waals surface area (Å²) in [5.74, 6) is -0.879. The Kier molecular flexibility index (Phi) is 10.8. The average molecular weight is 678 g/mol. The highest BCUT2D eigenvalue weighted by atomic mass is 16.4. The first-order valence-electron chi connectivity index (χ1n) is 17.5. The van der Waals surface area contributed by atoms with Gasteiger partial charge in [-0.05, 0) is 50.9 Å². The number of amides is 1. The van der Waals surface area contributed by atoms with Crippen LogP contribution in [0.5, 0.6) is 0 Å². The molecule has 1 heterocycles. The molecule has 1 N–H and O–H groups in total. The van der Waals surface area contributed by atoms with E-state index < -0.39 is 17.6 Å². The fraction of sp³-hybridized carbons (Fsp3) is 0.233. The molecule has 0 aliphatic carbocycles. The van der Waals surface area contributed by atoms with Crippen molar-refractivity contribution in [2.75, 3.05) is 0 Å². The van der Waals surface area contributed by atoms with Crippen LogP contribution in [0.2, 0.25) is 0 Å². The minimum atomic E-state index is -0.989. The first kappa shape index (κ1) is 35.0. The number of tetrazole rings is 1. The third kappa shape index (κ3) is 7.22. The summed E-state index contributed by atoms with van der Waals surface area (Å²) in [5.41, 5.74) is 5.65. The molecule has 1 amide bonds. The Morgan fingerprint density at radius 1 is 0.725 bits per heavy atom. The lowest BCUT2D eigenvalue weighted by molar-refractivity contribution is -0.153. The Hall–Kier alpha value is -5.89. The van der Waals surface area contributed by atoms with Crippen LogP contribution in [0.25, 0.3) is 22.5 Å². The van der Waals surface area contributed by atoms with Crippen LogP contribution < -0.4 is 0 Å². The van der Waals surface area contributed by atoms with Gasteiger partial charge < -0.3 is 10.0 Å². The number of unbranched alkanes of at least 4 members (excludes halogenated alkanes) is 1. The smallest absolute Gasteiger partial charge is 0.326 e. The Labute approximate surface area is 299 Å². The molecule has 1 atom stereocenters. The molecule has 0 bridgehead atoms. The molecule has 6 rings (SSSR count). The van der Waals surface area contributed by atoms with Crippen molar-refractivity contribution < 1.29 is 14.7 Å². The van der Waals surface area contributed by atoms with E-state index in [0.29, 0.717) is 12.2 Å². The lowest BCUT2D eigenvalue weighted by Crippen LogP contribution is -2.47. The average Bonchev–Trinajstić information content (AvgIpc) is 3.66. The maximum atomic E-state index is 13.2. The van der Waals surface area contributed by atoms with Gasteiger partial charge in [-0.1, -0.05) is 167 Å². The molecule has 0 radical (unpaired) electrons. The summed E-state index contributed by atoms with van der Waals surface area (Å²) in [6.45, 7) is 5.92. The van der Waals surface area contributed by atoms with Crippen molar-refractivity contribution in [2.45, 2.75) is 58.2 Å². The van der Waals surface area contributed by atoms with Crippen molar-refractivity contribution in [3.05, 3.63) is 162 Å². The summed E-state index contributed by atoms with van der Waals surface area (Å²) >= 11 is 0. The van der Waals surface area contributed by atoms with Crippen molar-refractivity contribution in [1.29, 1.82) is 0 Å². The van der Waals surface area contributed by atoms with Gasteiger partial charge in [0.25, 0.3) is 0 Å². The molecule has 258 valence electrons. The van der Waals surface area contributed by atoms with E-state index in [0.717, 1.165) is 51.8 Å². The summed E-state index contributed by atoms with van der Waals surface area (Å²) in [6, 6.07) is 45.7. The summed E-state index contributed by atoms with van der Waals surface area (Å²) in [4.78, 5) is 28.7. The largest absolute Gasteiger partial charge is 0.480 e. The van der Waals surface area contributed by atoms with Crippen molar-refractivity contribution in [2.24, 2.45) is 5.92 Å². The lowest BCUT2D eigenvalue weighted by Gasteiger charge is -2.34. The van der Waals surface area contributed by atoms with Crippen LogP contribution in [0, 0.1) is 5.92 Å². The highest BCUT2D eigenvalue weighted by Crippen LogP contribution is 2.40. The van der Waals surface area contributed by atoms with E-state index in [4.69, 9.17) is 10.3 Å². The standard InChI is InChI=1S/C43H43N5O3/c1-4-5-25-39(49)47(40(31(2)3)42(50)51)30-32-26-28-33(29-27-32)37-23-15-16-24-38(37)41-44-46-48(45-41)43(34-17-9-6-10-18-34,35-19-11-7-12-20-35)36-21-13-8-14-22-36/h6-24,26-29,31,40H,4-5,25,30H2,1-3H3,(H,50,51)/t40-/m1/s1. The molecule has 6 aromatic rings. The predicted octanol–water partition coefficient (Wildman–Crippen LogP) is 8.48. The van der Waals surface area contributed by atoms with E-state index >= 15 is 0 Å². The normalized spacial score (nSPS) is 12.1. The Bertz CT molecular complexity index is 1950. The number of rotatable bonds is 14. The van der Waals surface area contributed by atoms with Gasteiger partial charge in [-0.25, -0.2) is 4.79 Å². The van der Waals surface area contributed by atoms with E-state index in [2.05, 4.69) is 41.5 Å². The second kappa shape index (κ2) is 15.8. The number of hydrogen-bond donors (Lipinski definition) is 1. The Balaban J connectivity index is 1.39. The zero-order chi connectivity index (χ0) is 35.8. The van der Waals surface area contributed by atoms with E-state index in [-0.39, 0.29) is 18.4 Å².